The van der Waals surface area contributed by atoms with Crippen molar-refractivity contribution in [3.8, 4) is 11.3 Å². The smallest absolute Gasteiger partial charge is 0.354 e. The molecule has 0 unspecified atom stereocenters. The van der Waals surface area contributed by atoms with E-state index in [1.54, 1.807) is 18.2 Å². The molecule has 0 saturated heterocycles. The van der Waals surface area contributed by atoms with Crippen LogP contribution in [0.2, 0.25) is 0 Å². The van der Waals surface area contributed by atoms with E-state index in [4.69, 9.17) is 0 Å². The Kier molecular flexibility index (Phi) is 5.06. The van der Waals surface area contributed by atoms with Gasteiger partial charge in [-0.05, 0) is 42.5 Å². The first kappa shape index (κ1) is 21.6. The number of fused-ring (bicyclic) bond motifs is 3. The Morgan fingerprint density at radius 3 is 2.38 bits per heavy atom. The number of carboxylic acids is 1. The number of carboxylic acid groups (broad SMARTS) is 1. The molecule has 34 heavy (non-hydrogen) atoms. The third kappa shape index (κ3) is 3.46. The normalized spacial score (nSPS) is 11.7. The molecule has 0 bridgehead atoms. The number of hydrogen-bond donors (Lipinski definition) is 2. The monoisotopic (exact) mass is 475 g/mol. The number of anilines is 1. The van der Waals surface area contributed by atoms with Crippen LogP contribution in [-0.4, -0.2) is 36.5 Å². The second-order valence-corrected chi connectivity index (χ2v) is 9.67. The van der Waals surface area contributed by atoms with Crippen LogP contribution in [0.25, 0.3) is 33.1 Å². The van der Waals surface area contributed by atoms with Crippen molar-refractivity contribution >= 4 is 43.5 Å². The Balaban J connectivity index is 1.66. The molecule has 9 heteroatoms. The van der Waals surface area contributed by atoms with E-state index in [0.29, 0.717) is 10.9 Å². The molecule has 0 aliphatic carbocycles. The molecule has 0 atom stereocenters. The summed E-state index contributed by atoms with van der Waals surface area (Å²) in [4.78, 5) is 19.2. The Morgan fingerprint density at radius 1 is 0.971 bits per heavy atom. The Labute approximate surface area is 194 Å². The van der Waals surface area contributed by atoms with Crippen molar-refractivity contribution in [3.05, 3.63) is 90.4 Å². The second-order valence-electron chi connectivity index (χ2n) is 7.70. The molecule has 0 aliphatic rings. The lowest BCUT2D eigenvalue weighted by Gasteiger charge is -2.20. The van der Waals surface area contributed by atoms with Gasteiger partial charge in [0.2, 0.25) is 0 Å². The van der Waals surface area contributed by atoms with Crippen molar-refractivity contribution in [2.45, 2.75) is 4.90 Å². The molecule has 0 amide bonds. The summed E-state index contributed by atoms with van der Waals surface area (Å²) < 4.78 is 42.2. The lowest BCUT2D eigenvalue weighted by Crippen LogP contribution is -2.26. The van der Waals surface area contributed by atoms with Gasteiger partial charge in [-0.15, -0.1) is 0 Å². The highest BCUT2D eigenvalue weighted by molar-refractivity contribution is 7.92. The largest absolute Gasteiger partial charge is 0.477 e. The topological polar surface area (TPSA) is 103 Å². The molecule has 0 radical (unpaired) electrons. The minimum Gasteiger partial charge on any atom is -0.477 e. The number of hydrogen-bond acceptors (Lipinski definition) is 4. The fourth-order valence-electron chi connectivity index (χ4n) is 3.93. The molecule has 0 spiro atoms. The van der Waals surface area contributed by atoms with Crippen molar-refractivity contribution in [1.82, 2.24) is 9.97 Å². The van der Waals surface area contributed by atoms with Crippen LogP contribution in [0.3, 0.4) is 0 Å². The van der Waals surface area contributed by atoms with Gasteiger partial charge < -0.3 is 10.1 Å². The number of pyridine rings is 1. The summed E-state index contributed by atoms with van der Waals surface area (Å²) in [6, 6.07) is 20.6. The number of aromatic amines is 1. The standard InChI is InChI=1S/C25H18FN3O4S/c1-29(34(32,33)16-7-3-2-4-8-16)15-11-12-18(20(26)13-15)23-24-19(14-22(28-23)25(30)31)17-9-5-6-10-21(17)27-24/h2-14,27H,1H3,(H,30,31). The zero-order valence-corrected chi connectivity index (χ0v) is 18.7. The summed E-state index contributed by atoms with van der Waals surface area (Å²) in [5.74, 6) is -1.97. The molecular formula is C25H18FN3O4S. The molecule has 0 fully saturated rings. The lowest BCUT2D eigenvalue weighted by atomic mass is 10.1. The van der Waals surface area contributed by atoms with E-state index >= 15 is 4.39 Å². The zero-order valence-electron chi connectivity index (χ0n) is 17.9. The summed E-state index contributed by atoms with van der Waals surface area (Å²) in [6.45, 7) is 0. The number of benzene rings is 3. The number of nitrogens with zero attached hydrogens (tertiary/aromatic N) is 2. The Morgan fingerprint density at radius 2 is 1.68 bits per heavy atom. The number of rotatable bonds is 5. The van der Waals surface area contributed by atoms with Crippen molar-refractivity contribution in [2.75, 3.05) is 11.4 Å². The third-order valence-electron chi connectivity index (χ3n) is 5.69. The number of halogens is 1. The highest BCUT2D eigenvalue weighted by atomic mass is 32.2. The SMILES string of the molecule is CN(c1ccc(-c2nc(C(=O)O)cc3c2[nH]c2ccccc23)c(F)c1)S(=O)(=O)c1ccccc1. The maximum Gasteiger partial charge on any atom is 0.354 e. The highest BCUT2D eigenvalue weighted by Crippen LogP contribution is 2.35. The van der Waals surface area contributed by atoms with Crippen LogP contribution >= 0.6 is 0 Å². The highest BCUT2D eigenvalue weighted by Gasteiger charge is 2.23. The van der Waals surface area contributed by atoms with Gasteiger partial charge in [0, 0.05) is 28.9 Å². The molecule has 2 aromatic heterocycles. The van der Waals surface area contributed by atoms with Crippen LogP contribution in [0.15, 0.2) is 83.8 Å². The molecule has 5 aromatic rings. The van der Waals surface area contributed by atoms with Gasteiger partial charge in [-0.2, -0.15) is 0 Å². The predicted octanol–water partition coefficient (Wildman–Crippen LogP) is 5.05. The first-order valence-corrected chi connectivity index (χ1v) is 11.7. The van der Waals surface area contributed by atoms with Crippen LogP contribution in [0.4, 0.5) is 10.1 Å². The Bertz CT molecular complexity index is 1680. The van der Waals surface area contributed by atoms with Crippen LogP contribution < -0.4 is 4.31 Å². The molecule has 2 heterocycles. The molecule has 170 valence electrons. The maximum atomic E-state index is 15.4. The number of sulfonamides is 1. The van der Waals surface area contributed by atoms with Gasteiger partial charge in [0.25, 0.3) is 10.0 Å². The van der Waals surface area contributed by atoms with E-state index in [2.05, 4.69) is 9.97 Å². The van der Waals surface area contributed by atoms with Gasteiger partial charge in [0.1, 0.15) is 11.5 Å². The number of aromatic nitrogens is 2. The van der Waals surface area contributed by atoms with Gasteiger partial charge in [0.05, 0.1) is 21.8 Å². The van der Waals surface area contributed by atoms with E-state index in [0.717, 1.165) is 21.3 Å². The predicted molar refractivity (Wildman–Crippen MR) is 128 cm³/mol. The van der Waals surface area contributed by atoms with Gasteiger partial charge in [0.15, 0.2) is 0 Å². The average Bonchev–Trinajstić information content (AvgIpc) is 3.22. The summed E-state index contributed by atoms with van der Waals surface area (Å²) >= 11 is 0. The molecule has 7 nitrogen and oxygen atoms in total. The molecular weight excluding hydrogens is 457 g/mol. The number of nitrogens with one attached hydrogen (secondary N) is 1. The fourth-order valence-corrected chi connectivity index (χ4v) is 5.14. The van der Waals surface area contributed by atoms with Crippen LogP contribution in [0.5, 0.6) is 0 Å². The van der Waals surface area contributed by atoms with Gasteiger partial charge >= 0.3 is 5.97 Å². The molecule has 3 aromatic carbocycles. The lowest BCUT2D eigenvalue weighted by molar-refractivity contribution is 0.0691. The first-order valence-electron chi connectivity index (χ1n) is 10.3. The number of carbonyl (C=O) groups is 1. The van der Waals surface area contributed by atoms with E-state index in [9.17, 15) is 18.3 Å². The second kappa shape index (κ2) is 7.96. The van der Waals surface area contributed by atoms with Crippen molar-refractivity contribution in [2.24, 2.45) is 0 Å². The van der Waals surface area contributed by atoms with Crippen molar-refractivity contribution < 1.29 is 22.7 Å². The number of aromatic carboxylic acids is 1. The van der Waals surface area contributed by atoms with Crippen LogP contribution in [0.1, 0.15) is 10.5 Å². The third-order valence-corrected chi connectivity index (χ3v) is 7.49. The Hall–Kier alpha value is -4.24. The quantitative estimate of drug-likeness (QED) is 0.370. The minimum absolute atomic E-state index is 0.0499. The minimum atomic E-state index is -3.89. The van der Waals surface area contributed by atoms with E-state index in [-0.39, 0.29) is 27.5 Å². The zero-order chi connectivity index (χ0) is 24.0. The average molecular weight is 476 g/mol. The summed E-state index contributed by atoms with van der Waals surface area (Å²) in [6.07, 6.45) is 0. The van der Waals surface area contributed by atoms with E-state index in [1.807, 2.05) is 24.3 Å². The first-order chi connectivity index (χ1) is 16.3. The van der Waals surface area contributed by atoms with Crippen molar-refractivity contribution in [1.29, 1.82) is 0 Å². The maximum absolute atomic E-state index is 15.4. The van der Waals surface area contributed by atoms with Crippen molar-refractivity contribution in [3.63, 3.8) is 0 Å². The molecule has 0 aliphatic heterocycles. The summed E-state index contributed by atoms with van der Waals surface area (Å²) in [7, 11) is -2.55. The molecule has 0 saturated carbocycles. The van der Waals surface area contributed by atoms with Crippen LogP contribution in [-0.2, 0) is 10.0 Å². The molecule has 5 rings (SSSR count). The number of para-hydroxylation sites is 1. The number of H-pyrrole nitrogens is 1. The van der Waals surface area contributed by atoms with E-state index < -0.39 is 21.8 Å². The summed E-state index contributed by atoms with van der Waals surface area (Å²) in [5.41, 5.74) is 1.32. The fraction of sp³-hybridized carbons (Fsp3) is 0.0400. The van der Waals surface area contributed by atoms with Gasteiger partial charge in [-0.1, -0.05) is 36.4 Å². The molecule has 2 N–H and O–H groups in total. The van der Waals surface area contributed by atoms with E-state index in [1.165, 1.54) is 37.4 Å². The van der Waals surface area contributed by atoms with Crippen LogP contribution in [0, 0.1) is 5.82 Å². The summed E-state index contributed by atoms with van der Waals surface area (Å²) in [5, 5.41) is 11.0. The van der Waals surface area contributed by atoms with Gasteiger partial charge in [-0.3, -0.25) is 4.31 Å². The van der Waals surface area contributed by atoms with Gasteiger partial charge in [-0.25, -0.2) is 22.6 Å².